The van der Waals surface area contributed by atoms with Crippen molar-refractivity contribution in [2.45, 2.75) is 19.8 Å². The zero-order chi connectivity index (χ0) is 15.6. The molecule has 1 aliphatic rings. The number of amides is 1. The quantitative estimate of drug-likeness (QED) is 0.824. The standard InChI is InChI=1S/C14H16Cl2N2O2S/c1-8-6-10(16)11(7-9(8)15)18-13(19)14(12(17)21)2-4-20-5-3-14/h6-7H,2-5H2,1H3,(H2,17,21)(H,18,19). The highest BCUT2D eigenvalue weighted by atomic mass is 35.5. The fraction of sp³-hybridized carbons (Fsp3) is 0.429. The molecule has 1 fully saturated rings. The number of hydrogen-bond donors (Lipinski definition) is 2. The highest BCUT2D eigenvalue weighted by Crippen LogP contribution is 2.35. The molecule has 0 saturated carbocycles. The summed E-state index contributed by atoms with van der Waals surface area (Å²) in [4.78, 5) is 12.8. The van der Waals surface area contributed by atoms with E-state index in [0.29, 0.717) is 41.8 Å². The van der Waals surface area contributed by atoms with Crippen molar-refractivity contribution >= 4 is 52.0 Å². The molecule has 1 aliphatic heterocycles. The van der Waals surface area contributed by atoms with Gasteiger partial charge in [0, 0.05) is 18.2 Å². The molecule has 1 aromatic carbocycles. The van der Waals surface area contributed by atoms with E-state index in [2.05, 4.69) is 5.32 Å². The van der Waals surface area contributed by atoms with Gasteiger partial charge in [-0.15, -0.1) is 0 Å². The number of carbonyl (C=O) groups is 1. The predicted molar refractivity (Wildman–Crippen MR) is 89.1 cm³/mol. The van der Waals surface area contributed by atoms with Crippen molar-refractivity contribution in [3.8, 4) is 0 Å². The van der Waals surface area contributed by atoms with E-state index in [1.165, 1.54) is 0 Å². The summed E-state index contributed by atoms with van der Waals surface area (Å²) in [6, 6.07) is 3.33. The minimum atomic E-state index is -0.895. The van der Waals surface area contributed by atoms with Gasteiger partial charge in [-0.2, -0.15) is 0 Å². The summed E-state index contributed by atoms with van der Waals surface area (Å²) in [6.45, 7) is 2.75. The number of nitrogens with two attached hydrogens (primary N) is 1. The Kier molecular flexibility index (Phi) is 5.09. The molecule has 2 rings (SSSR count). The van der Waals surface area contributed by atoms with Crippen molar-refractivity contribution < 1.29 is 9.53 Å². The molecule has 114 valence electrons. The zero-order valence-electron chi connectivity index (χ0n) is 11.5. The molecule has 0 unspecified atom stereocenters. The second kappa shape index (κ2) is 6.48. The van der Waals surface area contributed by atoms with Gasteiger partial charge in [0.1, 0.15) is 5.41 Å². The van der Waals surface area contributed by atoms with Crippen molar-refractivity contribution in [2.24, 2.45) is 11.1 Å². The maximum atomic E-state index is 12.6. The number of ether oxygens (including phenoxy) is 1. The summed E-state index contributed by atoms with van der Waals surface area (Å²) in [7, 11) is 0. The van der Waals surface area contributed by atoms with Crippen LogP contribution < -0.4 is 11.1 Å². The summed E-state index contributed by atoms with van der Waals surface area (Å²) in [6.07, 6.45) is 0.927. The van der Waals surface area contributed by atoms with Crippen molar-refractivity contribution in [3.63, 3.8) is 0 Å². The zero-order valence-corrected chi connectivity index (χ0v) is 13.9. The van der Waals surface area contributed by atoms with Crippen molar-refractivity contribution in [1.29, 1.82) is 0 Å². The molecule has 7 heteroatoms. The molecule has 1 saturated heterocycles. The Morgan fingerprint density at radius 3 is 2.52 bits per heavy atom. The van der Waals surface area contributed by atoms with Gasteiger partial charge in [-0.25, -0.2) is 0 Å². The molecule has 0 aromatic heterocycles. The average molecular weight is 347 g/mol. The molecule has 3 N–H and O–H groups in total. The predicted octanol–water partition coefficient (Wildman–Crippen LogP) is 3.32. The molecule has 0 spiro atoms. The summed E-state index contributed by atoms with van der Waals surface area (Å²) in [5, 5.41) is 3.75. The molecule has 1 aromatic rings. The van der Waals surface area contributed by atoms with Gasteiger partial charge in [0.05, 0.1) is 15.7 Å². The fourth-order valence-corrected chi connectivity index (χ4v) is 3.02. The lowest BCUT2D eigenvalue weighted by Crippen LogP contribution is -2.49. The molecule has 1 amide bonds. The molecule has 1 heterocycles. The fourth-order valence-electron chi connectivity index (χ4n) is 2.29. The lowest BCUT2D eigenvalue weighted by atomic mass is 9.79. The Balaban J connectivity index is 2.27. The molecule has 0 atom stereocenters. The van der Waals surface area contributed by atoms with Gasteiger partial charge in [-0.1, -0.05) is 35.4 Å². The molecular weight excluding hydrogens is 331 g/mol. The lowest BCUT2D eigenvalue weighted by molar-refractivity contribution is -0.126. The van der Waals surface area contributed by atoms with E-state index in [-0.39, 0.29) is 10.9 Å². The number of benzene rings is 1. The summed E-state index contributed by atoms with van der Waals surface area (Å²) in [5.74, 6) is -0.264. The number of anilines is 1. The lowest BCUT2D eigenvalue weighted by Gasteiger charge is -2.34. The molecular formula is C14H16Cl2N2O2S. The van der Waals surface area contributed by atoms with Crippen LogP contribution in [0.1, 0.15) is 18.4 Å². The van der Waals surface area contributed by atoms with Crippen molar-refractivity contribution in [1.82, 2.24) is 0 Å². The van der Waals surface area contributed by atoms with E-state index in [4.69, 9.17) is 45.9 Å². The normalized spacial score (nSPS) is 17.3. The highest BCUT2D eigenvalue weighted by molar-refractivity contribution is 7.80. The van der Waals surface area contributed by atoms with Gasteiger partial charge in [0.2, 0.25) is 5.91 Å². The first kappa shape index (κ1) is 16.5. The molecule has 0 bridgehead atoms. The number of aryl methyl sites for hydroxylation is 1. The first-order chi connectivity index (χ1) is 9.86. The summed E-state index contributed by atoms with van der Waals surface area (Å²) >= 11 is 17.3. The van der Waals surface area contributed by atoms with E-state index in [9.17, 15) is 4.79 Å². The van der Waals surface area contributed by atoms with Gasteiger partial charge >= 0.3 is 0 Å². The summed E-state index contributed by atoms with van der Waals surface area (Å²) < 4.78 is 5.29. The second-order valence-corrected chi connectivity index (χ2v) is 6.35. The largest absolute Gasteiger partial charge is 0.392 e. The smallest absolute Gasteiger partial charge is 0.237 e. The Morgan fingerprint density at radius 2 is 1.95 bits per heavy atom. The maximum absolute atomic E-state index is 12.6. The van der Waals surface area contributed by atoms with Crippen LogP contribution in [0.15, 0.2) is 12.1 Å². The Hall–Kier alpha value is -0.880. The van der Waals surface area contributed by atoms with Crippen LogP contribution in [-0.4, -0.2) is 24.1 Å². The number of halogens is 2. The first-order valence-electron chi connectivity index (χ1n) is 6.51. The molecule has 4 nitrogen and oxygen atoms in total. The minimum Gasteiger partial charge on any atom is -0.392 e. The third kappa shape index (κ3) is 3.31. The van der Waals surface area contributed by atoms with Crippen LogP contribution in [0.4, 0.5) is 5.69 Å². The Morgan fingerprint density at radius 1 is 1.33 bits per heavy atom. The van der Waals surface area contributed by atoms with Gasteiger partial charge in [-0.3, -0.25) is 4.79 Å². The monoisotopic (exact) mass is 346 g/mol. The van der Waals surface area contributed by atoms with E-state index in [0.717, 1.165) is 5.56 Å². The van der Waals surface area contributed by atoms with E-state index < -0.39 is 5.41 Å². The number of carbonyl (C=O) groups excluding carboxylic acids is 1. The van der Waals surface area contributed by atoms with Crippen LogP contribution in [-0.2, 0) is 9.53 Å². The topological polar surface area (TPSA) is 64.4 Å². The maximum Gasteiger partial charge on any atom is 0.237 e. The minimum absolute atomic E-state index is 0.178. The van der Waals surface area contributed by atoms with Crippen molar-refractivity contribution in [3.05, 3.63) is 27.7 Å². The van der Waals surface area contributed by atoms with Crippen LogP contribution in [0.3, 0.4) is 0 Å². The first-order valence-corrected chi connectivity index (χ1v) is 7.68. The van der Waals surface area contributed by atoms with Gasteiger partial charge in [0.25, 0.3) is 0 Å². The third-order valence-electron chi connectivity index (χ3n) is 3.75. The molecule has 0 aliphatic carbocycles. The van der Waals surface area contributed by atoms with Gasteiger partial charge < -0.3 is 15.8 Å². The van der Waals surface area contributed by atoms with Crippen LogP contribution in [0.5, 0.6) is 0 Å². The highest BCUT2D eigenvalue weighted by Gasteiger charge is 2.43. The summed E-state index contributed by atoms with van der Waals surface area (Å²) in [5.41, 5.74) is 6.21. The van der Waals surface area contributed by atoms with Crippen molar-refractivity contribution in [2.75, 3.05) is 18.5 Å². The number of nitrogens with one attached hydrogen (secondary N) is 1. The van der Waals surface area contributed by atoms with Crippen LogP contribution >= 0.6 is 35.4 Å². The van der Waals surface area contributed by atoms with Crippen LogP contribution in [0.2, 0.25) is 10.0 Å². The van der Waals surface area contributed by atoms with Gasteiger partial charge in [-0.05, 0) is 37.5 Å². The molecule has 0 radical (unpaired) electrons. The van der Waals surface area contributed by atoms with E-state index >= 15 is 0 Å². The van der Waals surface area contributed by atoms with Crippen LogP contribution in [0, 0.1) is 12.3 Å². The molecule has 21 heavy (non-hydrogen) atoms. The van der Waals surface area contributed by atoms with E-state index in [1.807, 2.05) is 6.92 Å². The number of hydrogen-bond acceptors (Lipinski definition) is 3. The van der Waals surface area contributed by atoms with E-state index in [1.54, 1.807) is 12.1 Å². The third-order valence-corrected chi connectivity index (χ3v) is 4.86. The number of rotatable bonds is 3. The Labute approximate surface area is 138 Å². The van der Waals surface area contributed by atoms with Gasteiger partial charge in [0.15, 0.2) is 0 Å². The van der Waals surface area contributed by atoms with Crippen LogP contribution in [0.25, 0.3) is 0 Å². The Bertz CT molecular complexity index is 587. The number of thiocarbonyl (C=S) groups is 1. The SMILES string of the molecule is Cc1cc(Cl)c(NC(=O)C2(C(N)=S)CCOCC2)cc1Cl. The average Bonchev–Trinajstić information content (AvgIpc) is 2.45. The second-order valence-electron chi connectivity index (χ2n) is 5.09.